The van der Waals surface area contributed by atoms with Gasteiger partial charge in [0.1, 0.15) is 0 Å². The quantitative estimate of drug-likeness (QED) is 0.764. The van der Waals surface area contributed by atoms with Crippen LogP contribution in [-0.4, -0.2) is 41.3 Å². The molecule has 2 aromatic rings. The summed E-state index contributed by atoms with van der Waals surface area (Å²) in [5, 5.41) is 6.98. The Bertz CT molecular complexity index is 677. The van der Waals surface area contributed by atoms with Crippen LogP contribution < -0.4 is 10.6 Å². The van der Waals surface area contributed by atoms with Gasteiger partial charge in [-0.15, -0.1) is 0 Å². The molecule has 6 heteroatoms. The van der Waals surface area contributed by atoms with E-state index in [9.17, 15) is 4.79 Å². The monoisotopic (exact) mass is 330 g/mol. The van der Waals surface area contributed by atoms with E-state index < -0.39 is 0 Å². The van der Waals surface area contributed by atoms with Crippen molar-refractivity contribution in [3.63, 3.8) is 0 Å². The van der Waals surface area contributed by atoms with Crippen LogP contribution in [0.1, 0.15) is 32.6 Å². The van der Waals surface area contributed by atoms with Crippen LogP contribution in [-0.2, 0) is 16.1 Å². The van der Waals surface area contributed by atoms with E-state index in [2.05, 4.69) is 21.3 Å². The van der Waals surface area contributed by atoms with Gasteiger partial charge in [0.25, 0.3) is 0 Å². The van der Waals surface area contributed by atoms with Gasteiger partial charge in [0.05, 0.1) is 17.6 Å². The maximum Gasteiger partial charge on any atom is 0.305 e. The fourth-order valence-corrected chi connectivity index (χ4v) is 3.18. The minimum Gasteiger partial charge on any atom is -0.466 e. The van der Waals surface area contributed by atoms with E-state index in [0.717, 1.165) is 55.9 Å². The molecule has 2 N–H and O–H groups in total. The van der Waals surface area contributed by atoms with Gasteiger partial charge in [0.2, 0.25) is 5.95 Å². The molecule has 3 rings (SSSR count). The fraction of sp³-hybridized carbons (Fsp3) is 0.556. The second-order valence-electron chi connectivity index (χ2n) is 6.15. The predicted octanol–water partition coefficient (Wildman–Crippen LogP) is 2.54. The number of carbonyl (C=O) groups excluding carboxylic acids is 1. The maximum atomic E-state index is 11.6. The number of nitrogens with one attached hydrogen (secondary N) is 2. The van der Waals surface area contributed by atoms with Crippen LogP contribution >= 0.6 is 0 Å². The third-order valence-electron chi connectivity index (χ3n) is 4.39. The number of aryl methyl sites for hydroxylation is 1. The van der Waals surface area contributed by atoms with Crippen LogP contribution in [0.4, 0.5) is 5.95 Å². The molecule has 1 aromatic heterocycles. The van der Waals surface area contributed by atoms with Gasteiger partial charge in [-0.2, -0.15) is 0 Å². The van der Waals surface area contributed by atoms with Gasteiger partial charge in [-0.3, -0.25) is 4.79 Å². The molecule has 0 amide bonds. The predicted molar refractivity (Wildman–Crippen MR) is 95.1 cm³/mol. The van der Waals surface area contributed by atoms with Crippen LogP contribution in [0.15, 0.2) is 24.3 Å². The number of carbonyl (C=O) groups is 1. The highest BCUT2D eigenvalue weighted by Gasteiger charge is 2.17. The Morgan fingerprint density at radius 3 is 2.96 bits per heavy atom. The molecule has 130 valence electrons. The molecule has 2 heterocycles. The average molecular weight is 330 g/mol. The molecule has 0 atom stereocenters. The fourth-order valence-electron chi connectivity index (χ4n) is 3.18. The summed E-state index contributed by atoms with van der Waals surface area (Å²) in [6, 6.07) is 8.60. The summed E-state index contributed by atoms with van der Waals surface area (Å²) in [5.74, 6) is 0.779. The third kappa shape index (κ3) is 4.06. The standard InChI is InChI=1S/C18H26N4O2/c1-2-24-17(23)8-5-13-22-16-7-4-3-6-15(16)21-18(22)20-14-9-11-19-12-10-14/h3-4,6-7,14,19H,2,5,8-13H2,1H3,(H,20,21). The number of benzene rings is 1. The van der Waals surface area contributed by atoms with Crippen LogP contribution in [0, 0.1) is 0 Å². The maximum absolute atomic E-state index is 11.6. The zero-order valence-electron chi connectivity index (χ0n) is 14.3. The number of nitrogens with zero attached hydrogens (tertiary/aromatic N) is 2. The molecule has 0 aliphatic carbocycles. The number of piperidine rings is 1. The van der Waals surface area contributed by atoms with Crippen LogP contribution in [0.5, 0.6) is 0 Å². The molecule has 0 bridgehead atoms. The molecule has 1 fully saturated rings. The Kier molecular flexibility index (Phi) is 5.69. The average Bonchev–Trinajstić information content (AvgIpc) is 2.94. The zero-order valence-corrected chi connectivity index (χ0v) is 14.3. The summed E-state index contributed by atoms with van der Waals surface area (Å²) in [5.41, 5.74) is 2.10. The third-order valence-corrected chi connectivity index (χ3v) is 4.39. The van der Waals surface area contributed by atoms with E-state index in [1.54, 1.807) is 0 Å². The molecule has 1 aromatic carbocycles. The van der Waals surface area contributed by atoms with Gasteiger partial charge < -0.3 is 19.9 Å². The number of esters is 1. The summed E-state index contributed by atoms with van der Waals surface area (Å²) in [4.78, 5) is 16.3. The number of para-hydroxylation sites is 2. The highest BCUT2D eigenvalue weighted by molar-refractivity contribution is 5.78. The largest absolute Gasteiger partial charge is 0.466 e. The number of rotatable bonds is 7. The van der Waals surface area contributed by atoms with Crippen molar-refractivity contribution in [1.29, 1.82) is 0 Å². The van der Waals surface area contributed by atoms with E-state index >= 15 is 0 Å². The number of fused-ring (bicyclic) bond motifs is 1. The first kappa shape index (κ1) is 16.8. The molecule has 0 radical (unpaired) electrons. The van der Waals surface area contributed by atoms with Crippen molar-refractivity contribution < 1.29 is 9.53 Å². The summed E-state index contributed by atoms with van der Waals surface area (Å²) in [6.45, 7) is 5.12. The number of aromatic nitrogens is 2. The molecule has 0 spiro atoms. The van der Waals surface area contributed by atoms with Gasteiger partial charge in [0, 0.05) is 19.0 Å². The normalized spacial score (nSPS) is 15.5. The minimum absolute atomic E-state index is 0.130. The Morgan fingerprint density at radius 2 is 2.17 bits per heavy atom. The van der Waals surface area contributed by atoms with Crippen molar-refractivity contribution in [2.24, 2.45) is 0 Å². The van der Waals surface area contributed by atoms with Crippen molar-refractivity contribution in [3.8, 4) is 0 Å². The van der Waals surface area contributed by atoms with E-state index in [1.807, 2.05) is 25.1 Å². The molecule has 24 heavy (non-hydrogen) atoms. The molecular formula is C18H26N4O2. The summed E-state index contributed by atoms with van der Waals surface area (Å²) in [7, 11) is 0. The van der Waals surface area contributed by atoms with Gasteiger partial charge in [0.15, 0.2) is 0 Å². The Balaban J connectivity index is 1.73. The Labute approximate surface area is 142 Å². The molecule has 1 aliphatic heterocycles. The highest BCUT2D eigenvalue weighted by Crippen LogP contribution is 2.22. The molecule has 0 unspecified atom stereocenters. The van der Waals surface area contributed by atoms with E-state index in [4.69, 9.17) is 9.72 Å². The molecule has 6 nitrogen and oxygen atoms in total. The zero-order chi connectivity index (χ0) is 16.8. The van der Waals surface area contributed by atoms with Crippen LogP contribution in [0.2, 0.25) is 0 Å². The lowest BCUT2D eigenvalue weighted by Crippen LogP contribution is -2.36. The number of hydrogen-bond acceptors (Lipinski definition) is 5. The SMILES string of the molecule is CCOC(=O)CCCn1c(NC2CCNCC2)nc2ccccc21. The Morgan fingerprint density at radius 1 is 1.38 bits per heavy atom. The first-order valence-corrected chi connectivity index (χ1v) is 8.86. The van der Waals surface area contributed by atoms with Gasteiger partial charge in [-0.25, -0.2) is 4.98 Å². The van der Waals surface area contributed by atoms with Gasteiger partial charge >= 0.3 is 5.97 Å². The molecule has 1 saturated heterocycles. The van der Waals surface area contributed by atoms with Gasteiger partial charge in [-0.1, -0.05) is 12.1 Å². The number of ether oxygens (including phenoxy) is 1. The Hall–Kier alpha value is -2.08. The second kappa shape index (κ2) is 8.15. The lowest BCUT2D eigenvalue weighted by molar-refractivity contribution is -0.143. The molecular weight excluding hydrogens is 304 g/mol. The van der Waals surface area contributed by atoms with E-state index in [0.29, 0.717) is 19.1 Å². The van der Waals surface area contributed by atoms with Crippen LogP contribution in [0.25, 0.3) is 11.0 Å². The second-order valence-corrected chi connectivity index (χ2v) is 6.15. The van der Waals surface area contributed by atoms with Crippen molar-refractivity contribution in [2.45, 2.75) is 45.2 Å². The lowest BCUT2D eigenvalue weighted by Gasteiger charge is -2.24. The van der Waals surface area contributed by atoms with Crippen molar-refractivity contribution >= 4 is 23.0 Å². The van der Waals surface area contributed by atoms with Gasteiger partial charge in [-0.05, 0) is 51.4 Å². The topological polar surface area (TPSA) is 68.2 Å². The van der Waals surface area contributed by atoms with E-state index in [1.165, 1.54) is 0 Å². The van der Waals surface area contributed by atoms with E-state index in [-0.39, 0.29) is 5.97 Å². The minimum atomic E-state index is -0.130. The number of imidazole rings is 1. The lowest BCUT2D eigenvalue weighted by atomic mass is 10.1. The number of anilines is 1. The summed E-state index contributed by atoms with van der Waals surface area (Å²) >= 11 is 0. The summed E-state index contributed by atoms with van der Waals surface area (Å²) in [6.07, 6.45) is 3.39. The van der Waals surface area contributed by atoms with Crippen molar-refractivity contribution in [3.05, 3.63) is 24.3 Å². The van der Waals surface area contributed by atoms with Crippen molar-refractivity contribution in [1.82, 2.24) is 14.9 Å². The molecule has 1 aliphatic rings. The summed E-state index contributed by atoms with van der Waals surface area (Å²) < 4.78 is 7.21. The highest BCUT2D eigenvalue weighted by atomic mass is 16.5. The van der Waals surface area contributed by atoms with Crippen LogP contribution in [0.3, 0.4) is 0 Å². The number of hydrogen-bond donors (Lipinski definition) is 2. The smallest absolute Gasteiger partial charge is 0.305 e. The molecule has 0 saturated carbocycles. The first-order chi connectivity index (χ1) is 11.8. The first-order valence-electron chi connectivity index (χ1n) is 8.86. The van der Waals surface area contributed by atoms with Crippen molar-refractivity contribution in [2.75, 3.05) is 25.0 Å².